The molecule has 88 valence electrons. The summed E-state index contributed by atoms with van der Waals surface area (Å²) in [5, 5.41) is 0.692. The molecule has 1 atom stereocenters. The molecular formula is C14H14ClNO. The molecule has 0 spiro atoms. The van der Waals surface area contributed by atoms with Gasteiger partial charge in [-0.3, -0.25) is 0 Å². The summed E-state index contributed by atoms with van der Waals surface area (Å²) in [6, 6.07) is 17.0. The lowest BCUT2D eigenvalue weighted by Gasteiger charge is -2.13. The van der Waals surface area contributed by atoms with Gasteiger partial charge in [0.2, 0.25) is 0 Å². The maximum atomic E-state index is 6.03. The van der Waals surface area contributed by atoms with Gasteiger partial charge in [-0.05, 0) is 29.8 Å². The number of para-hydroxylation sites is 1. The van der Waals surface area contributed by atoms with E-state index in [1.165, 1.54) is 0 Å². The van der Waals surface area contributed by atoms with Crippen LogP contribution in [0.15, 0.2) is 54.6 Å². The van der Waals surface area contributed by atoms with Crippen LogP contribution in [0.3, 0.4) is 0 Å². The van der Waals surface area contributed by atoms with Crippen molar-refractivity contribution in [2.24, 2.45) is 5.73 Å². The van der Waals surface area contributed by atoms with E-state index >= 15 is 0 Å². The van der Waals surface area contributed by atoms with Crippen molar-refractivity contribution < 1.29 is 4.74 Å². The van der Waals surface area contributed by atoms with E-state index in [2.05, 4.69) is 0 Å². The first-order valence-electron chi connectivity index (χ1n) is 5.44. The molecule has 0 aliphatic carbocycles. The van der Waals surface area contributed by atoms with Crippen LogP contribution in [0, 0.1) is 0 Å². The molecule has 0 aliphatic rings. The van der Waals surface area contributed by atoms with Gasteiger partial charge in [-0.25, -0.2) is 0 Å². The first kappa shape index (κ1) is 12.0. The van der Waals surface area contributed by atoms with Gasteiger partial charge in [0, 0.05) is 5.02 Å². The van der Waals surface area contributed by atoms with Gasteiger partial charge in [0.05, 0.1) is 6.04 Å². The topological polar surface area (TPSA) is 35.2 Å². The molecule has 0 radical (unpaired) electrons. The molecule has 0 saturated heterocycles. The van der Waals surface area contributed by atoms with Crippen LogP contribution in [0.5, 0.6) is 5.75 Å². The summed E-state index contributed by atoms with van der Waals surface area (Å²) in [7, 11) is 0. The van der Waals surface area contributed by atoms with Gasteiger partial charge >= 0.3 is 0 Å². The van der Waals surface area contributed by atoms with Crippen LogP contribution in [0.1, 0.15) is 11.6 Å². The van der Waals surface area contributed by atoms with Crippen LogP contribution in [0.2, 0.25) is 5.02 Å². The predicted molar refractivity (Wildman–Crippen MR) is 70.3 cm³/mol. The minimum absolute atomic E-state index is 0.172. The lowest BCUT2D eigenvalue weighted by atomic mass is 10.1. The predicted octanol–water partition coefficient (Wildman–Crippen LogP) is 3.42. The third-order valence-corrected chi connectivity index (χ3v) is 2.68. The number of hydrogen-bond acceptors (Lipinski definition) is 2. The highest BCUT2D eigenvalue weighted by atomic mass is 35.5. The third-order valence-electron chi connectivity index (χ3n) is 2.45. The zero-order valence-electron chi connectivity index (χ0n) is 9.34. The second-order valence-corrected chi connectivity index (χ2v) is 4.22. The normalized spacial score (nSPS) is 12.1. The molecular weight excluding hydrogens is 234 g/mol. The second kappa shape index (κ2) is 5.71. The molecule has 3 heteroatoms. The second-order valence-electron chi connectivity index (χ2n) is 3.79. The standard InChI is InChI=1S/C14H14ClNO/c15-12-6-4-5-11(9-12)14(16)10-17-13-7-2-1-3-8-13/h1-9,14H,10,16H2. The van der Waals surface area contributed by atoms with Crippen molar-refractivity contribution in [2.75, 3.05) is 6.61 Å². The summed E-state index contributed by atoms with van der Waals surface area (Å²) >= 11 is 5.91. The highest BCUT2D eigenvalue weighted by molar-refractivity contribution is 6.30. The number of benzene rings is 2. The number of ether oxygens (including phenoxy) is 1. The van der Waals surface area contributed by atoms with Gasteiger partial charge in [0.15, 0.2) is 0 Å². The van der Waals surface area contributed by atoms with Crippen LogP contribution in [-0.2, 0) is 0 Å². The van der Waals surface area contributed by atoms with E-state index in [0.717, 1.165) is 11.3 Å². The van der Waals surface area contributed by atoms with E-state index in [-0.39, 0.29) is 6.04 Å². The quantitative estimate of drug-likeness (QED) is 0.899. The number of nitrogens with two attached hydrogens (primary N) is 1. The Kier molecular flexibility index (Phi) is 4.02. The minimum atomic E-state index is -0.172. The lowest BCUT2D eigenvalue weighted by molar-refractivity contribution is 0.290. The molecule has 17 heavy (non-hydrogen) atoms. The molecule has 2 rings (SSSR count). The largest absolute Gasteiger partial charge is 0.492 e. The Morgan fingerprint density at radius 2 is 1.82 bits per heavy atom. The van der Waals surface area contributed by atoms with Crippen LogP contribution >= 0.6 is 11.6 Å². The SMILES string of the molecule is NC(COc1ccccc1)c1cccc(Cl)c1. The molecule has 0 amide bonds. The zero-order valence-corrected chi connectivity index (χ0v) is 10.1. The Hall–Kier alpha value is -1.51. The Morgan fingerprint density at radius 1 is 1.06 bits per heavy atom. The minimum Gasteiger partial charge on any atom is -0.492 e. The molecule has 0 aliphatic heterocycles. The first-order chi connectivity index (χ1) is 8.25. The van der Waals surface area contributed by atoms with Crippen LogP contribution in [0.4, 0.5) is 0 Å². The molecule has 0 saturated carbocycles. The molecule has 0 fully saturated rings. The van der Waals surface area contributed by atoms with Crippen molar-refractivity contribution in [1.82, 2.24) is 0 Å². The van der Waals surface area contributed by atoms with Crippen molar-refractivity contribution >= 4 is 11.6 Å². The van der Waals surface area contributed by atoms with Gasteiger partial charge in [0.1, 0.15) is 12.4 Å². The fraction of sp³-hybridized carbons (Fsp3) is 0.143. The molecule has 0 bridgehead atoms. The van der Waals surface area contributed by atoms with Crippen molar-refractivity contribution in [3.63, 3.8) is 0 Å². The summed E-state index contributed by atoms with van der Waals surface area (Å²) in [5.74, 6) is 0.824. The number of rotatable bonds is 4. The van der Waals surface area contributed by atoms with Gasteiger partial charge in [0.25, 0.3) is 0 Å². The maximum absolute atomic E-state index is 6.03. The van der Waals surface area contributed by atoms with Gasteiger partial charge in [-0.2, -0.15) is 0 Å². The first-order valence-corrected chi connectivity index (χ1v) is 5.82. The number of halogens is 1. The van der Waals surface area contributed by atoms with Crippen LogP contribution < -0.4 is 10.5 Å². The third kappa shape index (κ3) is 3.48. The van der Waals surface area contributed by atoms with Crippen molar-refractivity contribution in [2.45, 2.75) is 6.04 Å². The van der Waals surface area contributed by atoms with E-state index in [0.29, 0.717) is 11.6 Å². The summed E-state index contributed by atoms with van der Waals surface area (Å²) in [6.07, 6.45) is 0. The Balaban J connectivity index is 1.96. The van der Waals surface area contributed by atoms with E-state index in [9.17, 15) is 0 Å². The average Bonchev–Trinajstić information content (AvgIpc) is 2.37. The van der Waals surface area contributed by atoms with Crippen molar-refractivity contribution in [3.8, 4) is 5.75 Å². The Morgan fingerprint density at radius 3 is 2.53 bits per heavy atom. The Bertz CT molecular complexity index is 473. The van der Waals surface area contributed by atoms with E-state index in [1.807, 2.05) is 54.6 Å². The van der Waals surface area contributed by atoms with E-state index in [1.54, 1.807) is 0 Å². The summed E-state index contributed by atoms with van der Waals surface area (Å²) < 4.78 is 5.59. The Labute approximate surface area is 106 Å². The lowest BCUT2D eigenvalue weighted by Crippen LogP contribution is -2.18. The molecule has 2 nitrogen and oxygen atoms in total. The molecule has 0 aromatic heterocycles. The summed E-state index contributed by atoms with van der Waals surface area (Å²) in [6.45, 7) is 0.435. The smallest absolute Gasteiger partial charge is 0.119 e. The fourth-order valence-electron chi connectivity index (χ4n) is 1.54. The molecule has 1 unspecified atom stereocenters. The van der Waals surface area contributed by atoms with Crippen molar-refractivity contribution in [1.29, 1.82) is 0 Å². The molecule has 2 aromatic rings. The van der Waals surface area contributed by atoms with Crippen LogP contribution in [-0.4, -0.2) is 6.61 Å². The van der Waals surface area contributed by atoms with E-state index < -0.39 is 0 Å². The summed E-state index contributed by atoms with van der Waals surface area (Å²) in [4.78, 5) is 0. The van der Waals surface area contributed by atoms with E-state index in [4.69, 9.17) is 22.1 Å². The summed E-state index contributed by atoms with van der Waals surface area (Å²) in [5.41, 5.74) is 7.01. The van der Waals surface area contributed by atoms with Gasteiger partial charge in [-0.15, -0.1) is 0 Å². The van der Waals surface area contributed by atoms with Crippen molar-refractivity contribution in [3.05, 3.63) is 65.2 Å². The average molecular weight is 248 g/mol. The zero-order chi connectivity index (χ0) is 12.1. The maximum Gasteiger partial charge on any atom is 0.119 e. The number of hydrogen-bond donors (Lipinski definition) is 1. The highest BCUT2D eigenvalue weighted by Crippen LogP contribution is 2.17. The molecule has 2 N–H and O–H groups in total. The molecule has 2 aromatic carbocycles. The van der Waals surface area contributed by atoms with Gasteiger partial charge < -0.3 is 10.5 Å². The van der Waals surface area contributed by atoms with Crippen LogP contribution in [0.25, 0.3) is 0 Å². The monoisotopic (exact) mass is 247 g/mol. The molecule has 0 heterocycles. The fourth-order valence-corrected chi connectivity index (χ4v) is 1.73. The van der Waals surface area contributed by atoms with Gasteiger partial charge in [-0.1, -0.05) is 41.9 Å². The highest BCUT2D eigenvalue weighted by Gasteiger charge is 2.07.